The maximum Gasteiger partial charge on any atom is 0.243 e. The number of nitrogens with one attached hydrogen (secondary N) is 1. The van der Waals surface area contributed by atoms with Crippen LogP contribution in [0.3, 0.4) is 0 Å². The Hall–Kier alpha value is -2.75. The number of carbonyl (C=O) groups excluding carboxylic acids is 1. The van der Waals surface area contributed by atoms with Crippen LogP contribution in [0.25, 0.3) is 10.4 Å². The standard InChI is InChI=1S/C24H27N3O4S2/c1-3-31-20-9-11-21(12-10-20)33(29,30)27-15-13-19(14-16-27)23(28)26-24-25-17(2)22(32-24)18-7-5-4-6-8-18/h4-12,19H,3,13-16H2,1-2H3,(H,25,26,28). The van der Waals surface area contributed by atoms with Gasteiger partial charge in [0.15, 0.2) is 5.13 Å². The molecular weight excluding hydrogens is 458 g/mol. The van der Waals surface area contributed by atoms with E-state index in [1.807, 2.05) is 44.2 Å². The summed E-state index contributed by atoms with van der Waals surface area (Å²) >= 11 is 1.45. The number of benzene rings is 2. The monoisotopic (exact) mass is 485 g/mol. The first-order valence-electron chi connectivity index (χ1n) is 10.9. The first-order chi connectivity index (χ1) is 15.9. The number of rotatable bonds is 7. The molecule has 1 aliphatic heterocycles. The largest absolute Gasteiger partial charge is 0.494 e. The van der Waals surface area contributed by atoms with Gasteiger partial charge in [-0.05, 0) is 56.5 Å². The third-order valence-electron chi connectivity index (χ3n) is 5.66. The number of piperidine rings is 1. The summed E-state index contributed by atoms with van der Waals surface area (Å²) in [6.07, 6.45) is 0.940. The fourth-order valence-electron chi connectivity index (χ4n) is 3.90. The number of amides is 1. The fourth-order valence-corrected chi connectivity index (χ4v) is 6.34. The number of aryl methyl sites for hydroxylation is 1. The van der Waals surface area contributed by atoms with Gasteiger partial charge in [0.1, 0.15) is 5.75 Å². The highest BCUT2D eigenvalue weighted by molar-refractivity contribution is 7.89. The highest BCUT2D eigenvalue weighted by Gasteiger charge is 2.32. The molecule has 0 unspecified atom stereocenters. The van der Waals surface area contributed by atoms with E-state index in [4.69, 9.17) is 4.74 Å². The highest BCUT2D eigenvalue weighted by Crippen LogP contribution is 2.33. The van der Waals surface area contributed by atoms with Crippen LogP contribution in [-0.4, -0.2) is 43.3 Å². The summed E-state index contributed by atoms with van der Waals surface area (Å²) in [6.45, 7) is 4.94. The SMILES string of the molecule is CCOc1ccc(S(=O)(=O)N2CCC(C(=O)Nc3nc(C)c(-c4ccccc4)s3)CC2)cc1. The van der Waals surface area contributed by atoms with Crippen molar-refractivity contribution < 1.29 is 17.9 Å². The minimum absolute atomic E-state index is 0.110. The average Bonchev–Trinajstić information content (AvgIpc) is 3.20. The van der Waals surface area contributed by atoms with Crippen molar-refractivity contribution >= 4 is 32.4 Å². The zero-order chi connectivity index (χ0) is 23.4. The van der Waals surface area contributed by atoms with Gasteiger partial charge in [-0.3, -0.25) is 4.79 Å². The van der Waals surface area contributed by atoms with Crippen LogP contribution in [0.2, 0.25) is 0 Å². The summed E-state index contributed by atoms with van der Waals surface area (Å²) in [5, 5.41) is 3.50. The number of aromatic nitrogens is 1. The molecule has 1 aliphatic rings. The fraction of sp³-hybridized carbons (Fsp3) is 0.333. The number of thiazole rings is 1. The lowest BCUT2D eigenvalue weighted by molar-refractivity contribution is -0.120. The van der Waals surface area contributed by atoms with Gasteiger partial charge in [-0.25, -0.2) is 13.4 Å². The molecule has 0 bridgehead atoms. The van der Waals surface area contributed by atoms with Gasteiger partial charge in [-0.15, -0.1) is 0 Å². The van der Waals surface area contributed by atoms with E-state index in [2.05, 4.69) is 10.3 Å². The Kier molecular flexibility index (Phi) is 7.11. The summed E-state index contributed by atoms with van der Waals surface area (Å²) in [4.78, 5) is 18.6. The van der Waals surface area contributed by atoms with E-state index >= 15 is 0 Å². The van der Waals surface area contributed by atoms with Crippen LogP contribution < -0.4 is 10.1 Å². The topological polar surface area (TPSA) is 88.6 Å². The van der Waals surface area contributed by atoms with E-state index < -0.39 is 10.0 Å². The number of sulfonamides is 1. The molecule has 9 heteroatoms. The third-order valence-corrected chi connectivity index (χ3v) is 8.69. The molecule has 0 aliphatic carbocycles. The Morgan fingerprint density at radius 3 is 2.42 bits per heavy atom. The number of nitrogens with zero attached hydrogens (tertiary/aromatic N) is 2. The van der Waals surface area contributed by atoms with Gasteiger partial charge in [-0.2, -0.15) is 4.31 Å². The number of anilines is 1. The molecule has 0 radical (unpaired) electrons. The number of carbonyl (C=O) groups is 1. The van der Waals surface area contributed by atoms with Crippen LogP contribution in [0.5, 0.6) is 5.75 Å². The Bertz CT molecular complexity index is 1200. The van der Waals surface area contributed by atoms with E-state index in [9.17, 15) is 13.2 Å². The second-order valence-corrected chi connectivity index (χ2v) is 10.8. The quantitative estimate of drug-likeness (QED) is 0.530. The second kappa shape index (κ2) is 10.0. The van der Waals surface area contributed by atoms with Crippen LogP contribution in [0.4, 0.5) is 5.13 Å². The highest BCUT2D eigenvalue weighted by atomic mass is 32.2. The normalized spacial score (nSPS) is 15.3. The first kappa shape index (κ1) is 23.4. The molecule has 0 spiro atoms. The molecule has 0 saturated carbocycles. The van der Waals surface area contributed by atoms with E-state index in [-0.39, 0.29) is 16.7 Å². The molecule has 1 saturated heterocycles. The average molecular weight is 486 g/mol. The Balaban J connectivity index is 1.36. The van der Waals surface area contributed by atoms with Crippen LogP contribution in [0.1, 0.15) is 25.5 Å². The van der Waals surface area contributed by atoms with Gasteiger partial charge in [0.2, 0.25) is 15.9 Å². The van der Waals surface area contributed by atoms with Crippen molar-refractivity contribution in [2.45, 2.75) is 31.6 Å². The third kappa shape index (κ3) is 5.26. The molecule has 3 aromatic rings. The molecule has 1 fully saturated rings. The van der Waals surface area contributed by atoms with Crippen molar-refractivity contribution in [3.8, 4) is 16.2 Å². The molecule has 1 aromatic heterocycles. The van der Waals surface area contributed by atoms with Crippen LogP contribution >= 0.6 is 11.3 Å². The maximum absolute atomic E-state index is 13.0. The first-order valence-corrected chi connectivity index (χ1v) is 13.2. The van der Waals surface area contributed by atoms with E-state index in [0.29, 0.717) is 43.4 Å². The molecule has 4 rings (SSSR count). The number of hydrogen-bond donors (Lipinski definition) is 1. The minimum atomic E-state index is -3.60. The Morgan fingerprint density at radius 1 is 1.12 bits per heavy atom. The van der Waals surface area contributed by atoms with Gasteiger partial charge in [0, 0.05) is 19.0 Å². The molecular formula is C24H27N3O4S2. The smallest absolute Gasteiger partial charge is 0.243 e. The van der Waals surface area contributed by atoms with Crippen molar-refractivity contribution in [1.82, 2.24) is 9.29 Å². The zero-order valence-electron chi connectivity index (χ0n) is 18.7. The van der Waals surface area contributed by atoms with Gasteiger partial charge in [0.05, 0.1) is 22.1 Å². The summed E-state index contributed by atoms with van der Waals surface area (Å²) in [6, 6.07) is 16.4. The summed E-state index contributed by atoms with van der Waals surface area (Å²) in [7, 11) is -3.60. The van der Waals surface area contributed by atoms with E-state index in [0.717, 1.165) is 16.1 Å². The zero-order valence-corrected chi connectivity index (χ0v) is 20.3. The summed E-state index contributed by atoms with van der Waals surface area (Å²) in [5.74, 6) is 0.280. The van der Waals surface area contributed by atoms with Gasteiger partial charge >= 0.3 is 0 Å². The molecule has 0 atom stereocenters. The maximum atomic E-state index is 13.0. The van der Waals surface area contributed by atoms with Crippen molar-refractivity contribution in [1.29, 1.82) is 0 Å². The van der Waals surface area contributed by atoms with Crippen molar-refractivity contribution in [3.63, 3.8) is 0 Å². The molecule has 7 nitrogen and oxygen atoms in total. The Morgan fingerprint density at radius 2 is 1.79 bits per heavy atom. The Labute approximate surface area is 198 Å². The molecule has 33 heavy (non-hydrogen) atoms. The van der Waals surface area contributed by atoms with Crippen molar-refractivity contribution in [2.24, 2.45) is 5.92 Å². The van der Waals surface area contributed by atoms with Crippen LogP contribution in [-0.2, 0) is 14.8 Å². The molecule has 1 amide bonds. The predicted octanol–water partition coefficient (Wildman–Crippen LogP) is 4.56. The predicted molar refractivity (Wildman–Crippen MR) is 130 cm³/mol. The van der Waals surface area contributed by atoms with Crippen LogP contribution in [0, 0.1) is 12.8 Å². The van der Waals surface area contributed by atoms with Gasteiger partial charge < -0.3 is 10.1 Å². The lowest BCUT2D eigenvalue weighted by atomic mass is 9.97. The van der Waals surface area contributed by atoms with Gasteiger partial charge in [0.25, 0.3) is 0 Å². The molecule has 1 N–H and O–H groups in total. The lowest BCUT2D eigenvalue weighted by Crippen LogP contribution is -2.41. The minimum Gasteiger partial charge on any atom is -0.494 e. The van der Waals surface area contributed by atoms with E-state index in [1.54, 1.807) is 24.3 Å². The molecule has 2 heterocycles. The van der Waals surface area contributed by atoms with Crippen molar-refractivity contribution in [2.75, 3.05) is 25.0 Å². The van der Waals surface area contributed by atoms with Crippen LogP contribution in [0.15, 0.2) is 59.5 Å². The molecule has 174 valence electrons. The van der Waals surface area contributed by atoms with Crippen molar-refractivity contribution in [3.05, 3.63) is 60.3 Å². The number of ether oxygens (including phenoxy) is 1. The summed E-state index contributed by atoms with van der Waals surface area (Å²) in [5.41, 5.74) is 1.94. The lowest BCUT2D eigenvalue weighted by Gasteiger charge is -2.30. The summed E-state index contributed by atoms with van der Waals surface area (Å²) < 4.78 is 32.8. The van der Waals surface area contributed by atoms with Gasteiger partial charge in [-0.1, -0.05) is 41.7 Å². The molecule has 2 aromatic carbocycles. The second-order valence-electron chi connectivity index (χ2n) is 7.87. The van der Waals surface area contributed by atoms with E-state index in [1.165, 1.54) is 15.6 Å². The number of hydrogen-bond acceptors (Lipinski definition) is 6.